The minimum absolute atomic E-state index is 0. The first-order valence-electron chi connectivity index (χ1n) is 1.87. The van der Waals surface area contributed by atoms with Gasteiger partial charge in [0, 0.05) is 0 Å². The summed E-state index contributed by atoms with van der Waals surface area (Å²) in [4.78, 5) is 0. The molecule has 0 aliphatic heterocycles. The smallest absolute Gasteiger partial charge is 0.0442 e. The van der Waals surface area contributed by atoms with Crippen molar-refractivity contribution in [1.29, 1.82) is 0 Å². The lowest BCUT2D eigenvalue weighted by Crippen LogP contribution is -1.52. The fourth-order valence-corrected chi connectivity index (χ4v) is 0. The van der Waals surface area contributed by atoms with Gasteiger partial charge in [-0.15, -0.1) is 0 Å². The van der Waals surface area contributed by atoms with Crippen LogP contribution in [0.4, 0.5) is 0 Å². The normalized spacial score (nSPS) is 5.83. The van der Waals surface area contributed by atoms with E-state index in [9.17, 15) is 0 Å². The third-order valence-corrected chi connectivity index (χ3v) is 0.577. The molecule has 0 atom stereocenters. The van der Waals surface area contributed by atoms with E-state index in [-0.39, 0.29) is 5.48 Å². The standard InChI is InChI=1S/C5H10.H2O/c1-4-5(2)3;/h4H,1-3H3;1H2. The molecule has 0 aromatic carbocycles. The average Bonchev–Trinajstić information content (AvgIpc) is 1.38. The highest BCUT2D eigenvalue weighted by molar-refractivity contribution is 4.88. The zero-order chi connectivity index (χ0) is 4.28. The molecule has 1 nitrogen and oxygen atoms in total. The summed E-state index contributed by atoms with van der Waals surface area (Å²) in [5.74, 6) is 0. The van der Waals surface area contributed by atoms with Crippen molar-refractivity contribution in [3.63, 3.8) is 0 Å². The fourth-order valence-electron chi connectivity index (χ4n) is 0. The molecule has 0 aliphatic carbocycles. The summed E-state index contributed by atoms with van der Waals surface area (Å²) in [6.45, 7) is 6.20. The monoisotopic (exact) mass is 88.1 g/mol. The quantitative estimate of drug-likeness (QED) is 0.398. The zero-order valence-corrected chi connectivity index (χ0v) is 4.58. The second-order valence-electron chi connectivity index (χ2n) is 1.37. The Hall–Kier alpha value is -0.300. The molecule has 0 unspecified atom stereocenters. The fraction of sp³-hybridized carbons (Fsp3) is 0.600. The van der Waals surface area contributed by atoms with Gasteiger partial charge in [-0.1, -0.05) is 11.6 Å². The van der Waals surface area contributed by atoms with Gasteiger partial charge in [-0.2, -0.15) is 0 Å². The molecule has 1 heteroatoms. The summed E-state index contributed by atoms with van der Waals surface area (Å²) in [5.41, 5.74) is 1.38. The van der Waals surface area contributed by atoms with Crippen molar-refractivity contribution in [2.45, 2.75) is 20.8 Å². The highest BCUT2D eigenvalue weighted by Gasteiger charge is 1.60. The Morgan fingerprint density at radius 3 is 1.50 bits per heavy atom. The van der Waals surface area contributed by atoms with Crippen LogP contribution in [0.5, 0.6) is 0 Å². The van der Waals surface area contributed by atoms with Gasteiger partial charge in [-0.05, 0) is 20.8 Å². The number of allylic oxidation sites excluding steroid dienone is 2. The van der Waals surface area contributed by atoms with Crippen LogP contribution in [0.3, 0.4) is 0 Å². The van der Waals surface area contributed by atoms with Gasteiger partial charge in [0.2, 0.25) is 0 Å². The van der Waals surface area contributed by atoms with Crippen molar-refractivity contribution < 1.29 is 5.48 Å². The molecule has 0 aromatic heterocycles. The van der Waals surface area contributed by atoms with Crippen LogP contribution >= 0.6 is 0 Å². The van der Waals surface area contributed by atoms with Crippen molar-refractivity contribution in [2.75, 3.05) is 0 Å². The van der Waals surface area contributed by atoms with E-state index in [4.69, 9.17) is 0 Å². The van der Waals surface area contributed by atoms with Gasteiger partial charge in [-0.3, -0.25) is 0 Å². The van der Waals surface area contributed by atoms with Crippen LogP contribution in [0.2, 0.25) is 0 Å². The largest absolute Gasteiger partial charge is 0.412 e. The van der Waals surface area contributed by atoms with Crippen LogP contribution in [0, 0.1) is 0 Å². The molecular formula is C5H12O. The molecular weight excluding hydrogens is 76.1 g/mol. The predicted octanol–water partition coefficient (Wildman–Crippen LogP) is 1.15. The van der Waals surface area contributed by atoms with Crippen LogP contribution in [0.1, 0.15) is 20.8 Å². The Balaban J connectivity index is 0. The van der Waals surface area contributed by atoms with Crippen LogP contribution in [-0.2, 0) is 0 Å². The van der Waals surface area contributed by atoms with Crippen LogP contribution in [-0.4, -0.2) is 5.48 Å². The summed E-state index contributed by atoms with van der Waals surface area (Å²) in [6, 6.07) is 0. The Morgan fingerprint density at radius 1 is 1.33 bits per heavy atom. The molecule has 0 spiro atoms. The van der Waals surface area contributed by atoms with Crippen molar-refractivity contribution in [3.8, 4) is 0 Å². The van der Waals surface area contributed by atoms with Crippen molar-refractivity contribution in [3.05, 3.63) is 11.6 Å². The van der Waals surface area contributed by atoms with E-state index in [1.54, 1.807) is 0 Å². The molecule has 2 N–H and O–H groups in total. The van der Waals surface area contributed by atoms with Gasteiger partial charge in [0.25, 0.3) is 0 Å². The minimum Gasteiger partial charge on any atom is -0.412 e. The Labute approximate surface area is 39.0 Å². The second-order valence-corrected chi connectivity index (χ2v) is 1.37. The molecule has 0 saturated heterocycles. The van der Waals surface area contributed by atoms with E-state index < -0.39 is 0 Å². The van der Waals surface area contributed by atoms with E-state index >= 15 is 0 Å². The summed E-state index contributed by atoms with van der Waals surface area (Å²) in [7, 11) is 0. The molecule has 6 heavy (non-hydrogen) atoms. The van der Waals surface area contributed by atoms with Gasteiger partial charge < -0.3 is 5.48 Å². The van der Waals surface area contributed by atoms with Crippen LogP contribution in [0.15, 0.2) is 11.6 Å². The summed E-state index contributed by atoms with van der Waals surface area (Å²) < 4.78 is 0. The van der Waals surface area contributed by atoms with Crippen molar-refractivity contribution in [1.82, 2.24) is 0 Å². The maximum absolute atomic E-state index is 2.08. The number of hydrogen-bond donors (Lipinski definition) is 0. The molecule has 0 aliphatic rings. The first kappa shape index (κ1) is 9.20. The van der Waals surface area contributed by atoms with E-state index in [0.717, 1.165) is 0 Å². The third-order valence-electron chi connectivity index (χ3n) is 0.577. The maximum atomic E-state index is 2.08. The Morgan fingerprint density at radius 2 is 1.50 bits per heavy atom. The lowest BCUT2D eigenvalue weighted by atomic mass is 10.3. The van der Waals surface area contributed by atoms with Gasteiger partial charge >= 0.3 is 0 Å². The summed E-state index contributed by atoms with van der Waals surface area (Å²) in [6.07, 6.45) is 2.08. The summed E-state index contributed by atoms with van der Waals surface area (Å²) in [5, 5.41) is 0. The molecule has 38 valence electrons. The van der Waals surface area contributed by atoms with Crippen molar-refractivity contribution in [2.24, 2.45) is 0 Å². The van der Waals surface area contributed by atoms with Crippen LogP contribution < -0.4 is 0 Å². The lowest BCUT2D eigenvalue weighted by Gasteiger charge is -1.74. The molecule has 0 amide bonds. The minimum atomic E-state index is 0. The van der Waals surface area contributed by atoms with Crippen LogP contribution in [0.25, 0.3) is 0 Å². The molecule has 0 bridgehead atoms. The second kappa shape index (κ2) is 4.70. The SMILES string of the molecule is CC=C(C)C.O. The topological polar surface area (TPSA) is 31.5 Å². The Kier molecular flexibility index (Phi) is 7.20. The molecule has 0 aromatic rings. The van der Waals surface area contributed by atoms with Gasteiger partial charge in [0.15, 0.2) is 0 Å². The van der Waals surface area contributed by atoms with E-state index in [1.807, 2.05) is 6.92 Å². The molecule has 0 fully saturated rings. The Bertz CT molecular complexity index is 41.9. The van der Waals surface area contributed by atoms with Crippen molar-refractivity contribution >= 4 is 0 Å². The summed E-state index contributed by atoms with van der Waals surface area (Å²) >= 11 is 0. The highest BCUT2D eigenvalue weighted by Crippen LogP contribution is 1.82. The molecule has 0 radical (unpaired) electrons. The third kappa shape index (κ3) is 9.33. The maximum Gasteiger partial charge on any atom is -0.0442 e. The lowest BCUT2D eigenvalue weighted by molar-refractivity contribution is 0.824. The number of rotatable bonds is 0. The first-order valence-corrected chi connectivity index (χ1v) is 1.87. The van der Waals surface area contributed by atoms with Gasteiger partial charge in [0.05, 0.1) is 0 Å². The van der Waals surface area contributed by atoms with Gasteiger partial charge in [-0.25, -0.2) is 0 Å². The highest BCUT2D eigenvalue weighted by atomic mass is 16.0. The molecule has 0 rings (SSSR count). The average molecular weight is 88.1 g/mol. The zero-order valence-electron chi connectivity index (χ0n) is 4.58. The first-order chi connectivity index (χ1) is 2.27. The predicted molar refractivity (Wildman–Crippen MR) is 28.7 cm³/mol. The number of hydrogen-bond acceptors (Lipinski definition) is 0. The van der Waals surface area contributed by atoms with E-state index in [2.05, 4.69) is 19.9 Å². The van der Waals surface area contributed by atoms with E-state index in [0.29, 0.717) is 0 Å². The molecule has 0 saturated carbocycles. The molecule has 0 heterocycles. The van der Waals surface area contributed by atoms with Gasteiger partial charge in [0.1, 0.15) is 0 Å². The van der Waals surface area contributed by atoms with E-state index in [1.165, 1.54) is 5.57 Å².